The maximum atomic E-state index is 11.1. The first-order valence-electron chi connectivity index (χ1n) is 6.92. The number of hydrogen-bond donors (Lipinski definition) is 1. The van der Waals surface area contributed by atoms with E-state index in [-0.39, 0.29) is 5.91 Å². The van der Waals surface area contributed by atoms with Crippen LogP contribution >= 0.6 is 11.3 Å². The van der Waals surface area contributed by atoms with E-state index in [4.69, 9.17) is 4.74 Å². The van der Waals surface area contributed by atoms with Crippen molar-refractivity contribution in [3.8, 4) is 16.9 Å². The van der Waals surface area contributed by atoms with E-state index in [0.29, 0.717) is 11.7 Å². The SMILES string of the molecule is CCOc1cncc(-c2ccc3nc(NC(C)=O)sc3c2)c1. The highest BCUT2D eigenvalue weighted by molar-refractivity contribution is 7.22. The van der Waals surface area contributed by atoms with Gasteiger partial charge in [0.15, 0.2) is 5.13 Å². The lowest BCUT2D eigenvalue weighted by atomic mass is 10.1. The predicted octanol–water partition coefficient (Wildman–Crippen LogP) is 3.72. The summed E-state index contributed by atoms with van der Waals surface area (Å²) in [6.45, 7) is 4.03. The second-order valence-corrected chi connectivity index (χ2v) is 5.76. The van der Waals surface area contributed by atoms with Gasteiger partial charge < -0.3 is 10.1 Å². The second-order valence-electron chi connectivity index (χ2n) is 4.73. The minimum absolute atomic E-state index is 0.118. The Kier molecular flexibility index (Phi) is 4.02. The molecule has 1 aromatic carbocycles. The van der Waals surface area contributed by atoms with Gasteiger partial charge in [-0.05, 0) is 30.7 Å². The molecule has 0 saturated heterocycles. The summed E-state index contributed by atoms with van der Waals surface area (Å²) in [5, 5.41) is 3.33. The number of nitrogens with one attached hydrogen (secondary N) is 1. The molecule has 6 heteroatoms. The Labute approximate surface area is 132 Å². The smallest absolute Gasteiger partial charge is 0.223 e. The lowest BCUT2D eigenvalue weighted by Crippen LogP contribution is -2.04. The van der Waals surface area contributed by atoms with E-state index in [2.05, 4.69) is 15.3 Å². The van der Waals surface area contributed by atoms with Crippen molar-refractivity contribution in [3.05, 3.63) is 36.7 Å². The number of amides is 1. The molecule has 1 N–H and O–H groups in total. The van der Waals surface area contributed by atoms with Crippen molar-refractivity contribution < 1.29 is 9.53 Å². The van der Waals surface area contributed by atoms with Crippen LogP contribution in [0.15, 0.2) is 36.7 Å². The molecule has 0 aliphatic carbocycles. The van der Waals surface area contributed by atoms with Gasteiger partial charge in [0.25, 0.3) is 0 Å². The number of anilines is 1. The van der Waals surface area contributed by atoms with Crippen LogP contribution in [0.4, 0.5) is 5.13 Å². The zero-order chi connectivity index (χ0) is 15.5. The highest BCUT2D eigenvalue weighted by Gasteiger charge is 2.07. The van der Waals surface area contributed by atoms with Gasteiger partial charge in [0.2, 0.25) is 5.91 Å². The Hall–Kier alpha value is -2.47. The van der Waals surface area contributed by atoms with Crippen LogP contribution in [0.5, 0.6) is 5.75 Å². The van der Waals surface area contributed by atoms with Crippen LogP contribution in [0.1, 0.15) is 13.8 Å². The van der Waals surface area contributed by atoms with Gasteiger partial charge in [0, 0.05) is 18.7 Å². The number of fused-ring (bicyclic) bond motifs is 1. The van der Waals surface area contributed by atoms with Gasteiger partial charge in [0.1, 0.15) is 5.75 Å². The van der Waals surface area contributed by atoms with E-state index in [0.717, 1.165) is 27.1 Å². The van der Waals surface area contributed by atoms with Gasteiger partial charge in [-0.3, -0.25) is 9.78 Å². The van der Waals surface area contributed by atoms with E-state index in [1.807, 2.05) is 31.2 Å². The number of nitrogens with zero attached hydrogens (tertiary/aromatic N) is 2. The van der Waals surface area contributed by atoms with E-state index in [1.165, 1.54) is 18.3 Å². The minimum atomic E-state index is -0.118. The molecular formula is C16H15N3O2S. The Morgan fingerprint density at radius 1 is 1.27 bits per heavy atom. The van der Waals surface area contributed by atoms with Crippen molar-refractivity contribution in [1.29, 1.82) is 0 Å². The minimum Gasteiger partial charge on any atom is -0.492 e. The zero-order valence-electron chi connectivity index (χ0n) is 12.3. The maximum Gasteiger partial charge on any atom is 0.223 e. The number of hydrogen-bond acceptors (Lipinski definition) is 5. The average Bonchev–Trinajstić information content (AvgIpc) is 2.88. The molecule has 0 aliphatic rings. The number of thiazole rings is 1. The summed E-state index contributed by atoms with van der Waals surface area (Å²) < 4.78 is 6.50. The molecule has 0 atom stereocenters. The highest BCUT2D eigenvalue weighted by Crippen LogP contribution is 2.31. The third kappa shape index (κ3) is 3.07. The molecule has 0 fully saturated rings. The molecule has 3 rings (SSSR count). The van der Waals surface area contributed by atoms with Gasteiger partial charge in [-0.1, -0.05) is 17.4 Å². The molecule has 112 valence electrons. The Morgan fingerprint density at radius 3 is 2.91 bits per heavy atom. The van der Waals surface area contributed by atoms with Crippen LogP contribution in [0.25, 0.3) is 21.3 Å². The first kappa shape index (κ1) is 14.5. The van der Waals surface area contributed by atoms with Crippen molar-refractivity contribution in [2.75, 3.05) is 11.9 Å². The molecule has 0 saturated carbocycles. The van der Waals surface area contributed by atoms with Gasteiger partial charge in [0.05, 0.1) is 23.0 Å². The summed E-state index contributed by atoms with van der Waals surface area (Å²) in [7, 11) is 0. The van der Waals surface area contributed by atoms with Crippen LogP contribution in [-0.2, 0) is 4.79 Å². The summed E-state index contributed by atoms with van der Waals surface area (Å²) in [5.74, 6) is 0.635. The molecule has 0 spiro atoms. The zero-order valence-corrected chi connectivity index (χ0v) is 13.1. The van der Waals surface area contributed by atoms with Gasteiger partial charge in [-0.2, -0.15) is 0 Å². The van der Waals surface area contributed by atoms with Crippen LogP contribution in [0.2, 0.25) is 0 Å². The third-order valence-corrected chi connectivity index (χ3v) is 3.96. The van der Waals surface area contributed by atoms with Gasteiger partial charge in [-0.15, -0.1) is 0 Å². The monoisotopic (exact) mass is 313 g/mol. The lowest BCUT2D eigenvalue weighted by Gasteiger charge is -2.05. The predicted molar refractivity (Wildman–Crippen MR) is 88.3 cm³/mol. The summed E-state index contributed by atoms with van der Waals surface area (Å²) in [4.78, 5) is 19.7. The van der Waals surface area contributed by atoms with Crippen molar-refractivity contribution in [2.45, 2.75) is 13.8 Å². The van der Waals surface area contributed by atoms with E-state index < -0.39 is 0 Å². The third-order valence-electron chi connectivity index (χ3n) is 3.03. The topological polar surface area (TPSA) is 64.1 Å². The van der Waals surface area contributed by atoms with E-state index in [9.17, 15) is 4.79 Å². The fourth-order valence-electron chi connectivity index (χ4n) is 2.13. The standard InChI is InChI=1S/C16H15N3O2S/c1-3-21-13-6-12(8-17-9-13)11-4-5-14-15(7-11)22-16(19-14)18-10(2)20/h4-9H,3H2,1-2H3,(H,18,19,20). The molecular weight excluding hydrogens is 298 g/mol. The van der Waals surface area contributed by atoms with Crippen LogP contribution < -0.4 is 10.1 Å². The highest BCUT2D eigenvalue weighted by atomic mass is 32.1. The fraction of sp³-hybridized carbons (Fsp3) is 0.188. The summed E-state index contributed by atoms with van der Waals surface area (Å²) in [6, 6.07) is 7.95. The Bertz CT molecular complexity index is 829. The summed E-state index contributed by atoms with van der Waals surface area (Å²) >= 11 is 1.45. The van der Waals surface area contributed by atoms with E-state index in [1.54, 1.807) is 12.4 Å². The average molecular weight is 313 g/mol. The molecule has 3 aromatic rings. The van der Waals surface area contributed by atoms with Gasteiger partial charge in [-0.25, -0.2) is 4.98 Å². The number of ether oxygens (including phenoxy) is 1. The fourth-order valence-corrected chi connectivity index (χ4v) is 3.08. The van der Waals surface area contributed by atoms with Gasteiger partial charge >= 0.3 is 0 Å². The molecule has 5 nitrogen and oxygen atoms in total. The quantitative estimate of drug-likeness (QED) is 0.797. The molecule has 0 radical (unpaired) electrons. The van der Waals surface area contributed by atoms with Crippen molar-refractivity contribution in [1.82, 2.24) is 9.97 Å². The molecule has 2 aromatic heterocycles. The van der Waals surface area contributed by atoms with E-state index >= 15 is 0 Å². The van der Waals surface area contributed by atoms with Crippen LogP contribution in [0, 0.1) is 0 Å². The summed E-state index contributed by atoms with van der Waals surface area (Å²) in [5.41, 5.74) is 2.90. The molecule has 0 aliphatic heterocycles. The Balaban J connectivity index is 1.97. The first-order valence-corrected chi connectivity index (χ1v) is 7.74. The van der Waals surface area contributed by atoms with Crippen LogP contribution in [-0.4, -0.2) is 22.5 Å². The second kappa shape index (κ2) is 6.11. The lowest BCUT2D eigenvalue weighted by molar-refractivity contribution is -0.114. The molecule has 22 heavy (non-hydrogen) atoms. The first-order chi connectivity index (χ1) is 10.7. The molecule has 0 unspecified atom stereocenters. The normalized spacial score (nSPS) is 10.6. The Morgan fingerprint density at radius 2 is 2.14 bits per heavy atom. The molecule has 1 amide bonds. The number of rotatable bonds is 4. The number of benzene rings is 1. The summed E-state index contributed by atoms with van der Waals surface area (Å²) in [6.07, 6.45) is 3.51. The number of aromatic nitrogens is 2. The van der Waals surface area contributed by atoms with Crippen molar-refractivity contribution in [3.63, 3.8) is 0 Å². The molecule has 2 heterocycles. The van der Waals surface area contributed by atoms with Crippen molar-refractivity contribution in [2.24, 2.45) is 0 Å². The number of carbonyl (C=O) groups is 1. The number of carbonyl (C=O) groups excluding carboxylic acids is 1. The largest absolute Gasteiger partial charge is 0.492 e. The maximum absolute atomic E-state index is 11.1. The molecule has 0 bridgehead atoms. The van der Waals surface area contributed by atoms with Crippen LogP contribution in [0.3, 0.4) is 0 Å². The number of pyridine rings is 1. The van der Waals surface area contributed by atoms with Crippen molar-refractivity contribution >= 4 is 32.6 Å².